The fourth-order valence-corrected chi connectivity index (χ4v) is 4.20. The molecule has 2 aliphatic rings. The van der Waals surface area contributed by atoms with Crippen molar-refractivity contribution in [2.45, 2.75) is 31.3 Å². The molecule has 0 spiro atoms. The molecule has 0 aliphatic heterocycles. The van der Waals surface area contributed by atoms with Gasteiger partial charge in [-0.1, -0.05) is 12.1 Å². The van der Waals surface area contributed by atoms with Crippen LogP contribution in [0.2, 0.25) is 0 Å². The van der Waals surface area contributed by atoms with Gasteiger partial charge in [0.2, 0.25) is 0 Å². The zero-order chi connectivity index (χ0) is 13.7. The SMILES string of the molecule is CN(C)CC12CC1CCCC2(O)c1cccc(O)c1. The van der Waals surface area contributed by atoms with E-state index in [1.165, 1.54) is 6.42 Å². The van der Waals surface area contributed by atoms with Crippen molar-refractivity contribution in [2.75, 3.05) is 20.6 Å². The molecule has 104 valence electrons. The van der Waals surface area contributed by atoms with Gasteiger partial charge < -0.3 is 15.1 Å². The van der Waals surface area contributed by atoms with E-state index in [2.05, 4.69) is 19.0 Å². The Hall–Kier alpha value is -1.06. The van der Waals surface area contributed by atoms with E-state index in [-0.39, 0.29) is 11.2 Å². The Bertz CT molecular complexity index is 487. The van der Waals surface area contributed by atoms with Crippen molar-refractivity contribution in [3.63, 3.8) is 0 Å². The second kappa shape index (κ2) is 4.22. The molecule has 2 N–H and O–H groups in total. The first-order valence-corrected chi connectivity index (χ1v) is 7.15. The fourth-order valence-electron chi connectivity index (χ4n) is 4.20. The van der Waals surface area contributed by atoms with Crippen molar-refractivity contribution in [1.82, 2.24) is 4.90 Å². The molecule has 3 rings (SSSR count). The molecule has 0 radical (unpaired) electrons. The Morgan fingerprint density at radius 1 is 1.37 bits per heavy atom. The number of benzene rings is 1. The smallest absolute Gasteiger partial charge is 0.115 e. The van der Waals surface area contributed by atoms with Crippen LogP contribution >= 0.6 is 0 Å². The van der Waals surface area contributed by atoms with E-state index < -0.39 is 5.60 Å². The van der Waals surface area contributed by atoms with Crippen LogP contribution in [0.5, 0.6) is 5.75 Å². The Morgan fingerprint density at radius 2 is 2.16 bits per heavy atom. The van der Waals surface area contributed by atoms with Crippen LogP contribution in [0.15, 0.2) is 24.3 Å². The molecule has 3 unspecified atom stereocenters. The molecule has 3 nitrogen and oxygen atoms in total. The first-order chi connectivity index (χ1) is 8.98. The maximum Gasteiger partial charge on any atom is 0.115 e. The standard InChI is InChI=1S/C16H23NO2/c1-17(2)11-15-10-13(15)6-4-8-16(15,19)12-5-3-7-14(18)9-12/h3,5,7,9,13,18-19H,4,6,8,10-11H2,1-2H3. The molecule has 3 atom stereocenters. The van der Waals surface area contributed by atoms with Crippen molar-refractivity contribution in [1.29, 1.82) is 0 Å². The number of phenols is 1. The van der Waals surface area contributed by atoms with Crippen LogP contribution in [-0.4, -0.2) is 35.8 Å². The number of fused-ring (bicyclic) bond motifs is 1. The van der Waals surface area contributed by atoms with Crippen molar-refractivity contribution >= 4 is 0 Å². The third-order valence-electron chi connectivity index (χ3n) is 5.07. The van der Waals surface area contributed by atoms with Crippen LogP contribution in [0, 0.1) is 11.3 Å². The molecule has 0 bridgehead atoms. The third kappa shape index (κ3) is 1.87. The molecule has 1 aromatic rings. The Labute approximate surface area is 114 Å². The van der Waals surface area contributed by atoms with Crippen LogP contribution in [0.3, 0.4) is 0 Å². The first-order valence-electron chi connectivity index (χ1n) is 7.15. The average molecular weight is 261 g/mol. The van der Waals surface area contributed by atoms with Crippen molar-refractivity contribution in [3.05, 3.63) is 29.8 Å². The second-order valence-corrected chi connectivity index (χ2v) is 6.60. The minimum atomic E-state index is -0.779. The van der Waals surface area contributed by atoms with E-state index in [0.717, 1.165) is 31.4 Å². The van der Waals surface area contributed by atoms with Gasteiger partial charge in [0, 0.05) is 12.0 Å². The summed E-state index contributed by atoms with van der Waals surface area (Å²) in [7, 11) is 4.14. The second-order valence-electron chi connectivity index (χ2n) is 6.60. The minimum absolute atomic E-state index is 0.0114. The van der Waals surface area contributed by atoms with E-state index in [9.17, 15) is 10.2 Å². The zero-order valence-electron chi connectivity index (χ0n) is 11.8. The third-order valence-corrected chi connectivity index (χ3v) is 5.07. The number of hydrogen-bond donors (Lipinski definition) is 2. The van der Waals surface area contributed by atoms with Crippen molar-refractivity contribution < 1.29 is 10.2 Å². The molecular formula is C16H23NO2. The summed E-state index contributed by atoms with van der Waals surface area (Å²) in [5.41, 5.74) is 0.0955. The molecule has 2 fully saturated rings. The van der Waals surface area contributed by atoms with E-state index in [1.807, 2.05) is 12.1 Å². The molecule has 0 amide bonds. The molecule has 0 saturated heterocycles. The molecule has 0 aromatic heterocycles. The summed E-state index contributed by atoms with van der Waals surface area (Å²) in [5, 5.41) is 21.0. The Kier molecular flexibility index (Phi) is 2.88. The van der Waals surface area contributed by atoms with Gasteiger partial charge >= 0.3 is 0 Å². The summed E-state index contributed by atoms with van der Waals surface area (Å²) in [6.07, 6.45) is 4.22. The van der Waals surface area contributed by atoms with E-state index >= 15 is 0 Å². The van der Waals surface area contributed by atoms with Gasteiger partial charge in [0.15, 0.2) is 0 Å². The number of hydrogen-bond acceptors (Lipinski definition) is 3. The quantitative estimate of drug-likeness (QED) is 0.877. The van der Waals surface area contributed by atoms with Crippen LogP contribution in [-0.2, 0) is 5.60 Å². The number of phenolic OH excluding ortho intramolecular Hbond substituents is 1. The van der Waals surface area contributed by atoms with Gasteiger partial charge in [-0.2, -0.15) is 0 Å². The minimum Gasteiger partial charge on any atom is -0.508 e. The largest absolute Gasteiger partial charge is 0.508 e. The molecule has 3 heteroatoms. The lowest BCUT2D eigenvalue weighted by Crippen LogP contribution is -2.45. The highest BCUT2D eigenvalue weighted by molar-refractivity contribution is 5.36. The lowest BCUT2D eigenvalue weighted by molar-refractivity contribution is -0.0783. The molecule has 2 aliphatic carbocycles. The zero-order valence-corrected chi connectivity index (χ0v) is 11.8. The lowest BCUT2D eigenvalue weighted by atomic mass is 9.70. The Morgan fingerprint density at radius 3 is 2.84 bits per heavy atom. The number of nitrogens with zero attached hydrogens (tertiary/aromatic N) is 1. The fraction of sp³-hybridized carbons (Fsp3) is 0.625. The lowest BCUT2D eigenvalue weighted by Gasteiger charge is -2.42. The number of rotatable bonds is 3. The van der Waals surface area contributed by atoms with Gasteiger partial charge in [-0.15, -0.1) is 0 Å². The maximum absolute atomic E-state index is 11.3. The highest BCUT2D eigenvalue weighted by Crippen LogP contribution is 2.69. The Balaban J connectivity index is 2.00. The number of aliphatic hydroxyl groups is 1. The molecule has 0 heterocycles. The molecule has 2 saturated carbocycles. The predicted octanol–water partition coefficient (Wildman–Crippen LogP) is 2.33. The summed E-state index contributed by atoms with van der Waals surface area (Å²) in [5.74, 6) is 0.879. The van der Waals surface area contributed by atoms with Gasteiger partial charge in [-0.3, -0.25) is 0 Å². The van der Waals surface area contributed by atoms with Gasteiger partial charge in [0.1, 0.15) is 5.75 Å². The molecule has 1 aromatic carbocycles. The highest BCUT2D eigenvalue weighted by atomic mass is 16.3. The first kappa shape index (κ1) is 12.9. The molecular weight excluding hydrogens is 238 g/mol. The molecule has 19 heavy (non-hydrogen) atoms. The van der Waals surface area contributed by atoms with E-state index in [4.69, 9.17) is 0 Å². The van der Waals surface area contributed by atoms with Crippen LogP contribution in [0.1, 0.15) is 31.2 Å². The predicted molar refractivity (Wildman–Crippen MR) is 74.9 cm³/mol. The number of aromatic hydroxyl groups is 1. The topological polar surface area (TPSA) is 43.7 Å². The van der Waals surface area contributed by atoms with Crippen molar-refractivity contribution in [3.8, 4) is 5.75 Å². The normalized spacial score (nSPS) is 37.2. The van der Waals surface area contributed by atoms with E-state index in [1.54, 1.807) is 12.1 Å². The van der Waals surface area contributed by atoms with Crippen LogP contribution < -0.4 is 0 Å². The monoisotopic (exact) mass is 261 g/mol. The maximum atomic E-state index is 11.3. The van der Waals surface area contributed by atoms with Crippen molar-refractivity contribution in [2.24, 2.45) is 11.3 Å². The van der Waals surface area contributed by atoms with Crippen LogP contribution in [0.25, 0.3) is 0 Å². The van der Waals surface area contributed by atoms with Gasteiger partial charge in [-0.05, 0) is 63.4 Å². The summed E-state index contributed by atoms with van der Waals surface area (Å²) in [4.78, 5) is 2.18. The van der Waals surface area contributed by atoms with Gasteiger partial charge in [-0.25, -0.2) is 0 Å². The van der Waals surface area contributed by atoms with Gasteiger partial charge in [0.25, 0.3) is 0 Å². The van der Waals surface area contributed by atoms with E-state index in [0.29, 0.717) is 5.92 Å². The summed E-state index contributed by atoms with van der Waals surface area (Å²) in [6.45, 7) is 0.920. The summed E-state index contributed by atoms with van der Waals surface area (Å²) < 4.78 is 0. The van der Waals surface area contributed by atoms with Gasteiger partial charge in [0.05, 0.1) is 5.60 Å². The highest BCUT2D eigenvalue weighted by Gasteiger charge is 2.67. The average Bonchev–Trinajstić information content (AvgIpc) is 3.04. The summed E-state index contributed by atoms with van der Waals surface area (Å²) >= 11 is 0. The van der Waals surface area contributed by atoms with Crippen LogP contribution in [0.4, 0.5) is 0 Å². The summed E-state index contributed by atoms with van der Waals surface area (Å²) in [6, 6.07) is 7.19.